The normalized spacial score (nSPS) is 23.3. The number of carbonyl (C=O) groups excluding carboxylic acids is 1. The number of hydrogen-bond donors (Lipinski definition) is 2. The van der Waals surface area contributed by atoms with Crippen LogP contribution in [-0.4, -0.2) is 66.4 Å². The fraction of sp³-hybridized carbons (Fsp3) is 0.400. The van der Waals surface area contributed by atoms with Crippen molar-refractivity contribution in [1.82, 2.24) is 20.0 Å². The van der Waals surface area contributed by atoms with Crippen molar-refractivity contribution >= 4 is 17.7 Å². The first-order chi connectivity index (χ1) is 11.8. The lowest BCUT2D eigenvalue weighted by Crippen LogP contribution is -2.68. The van der Waals surface area contributed by atoms with Crippen LogP contribution in [0.15, 0.2) is 30.7 Å². The summed E-state index contributed by atoms with van der Waals surface area (Å²) >= 11 is 0. The summed E-state index contributed by atoms with van der Waals surface area (Å²) in [5.74, 6) is -1.90. The van der Waals surface area contributed by atoms with Crippen LogP contribution in [0.3, 0.4) is 0 Å². The van der Waals surface area contributed by atoms with Crippen molar-refractivity contribution in [1.29, 1.82) is 0 Å². The third-order valence-corrected chi connectivity index (χ3v) is 4.39. The van der Waals surface area contributed by atoms with Gasteiger partial charge in [-0.15, -0.1) is 5.10 Å². The number of amides is 1. The molecule has 25 heavy (non-hydrogen) atoms. The number of aliphatic carboxylic acids is 1. The Hall–Kier alpha value is -2.85. The highest BCUT2D eigenvalue weighted by molar-refractivity contribution is 6.03. The molecule has 3 heterocycles. The molecule has 0 bridgehead atoms. The maximum absolute atomic E-state index is 12.9. The van der Waals surface area contributed by atoms with Gasteiger partial charge in [0.2, 0.25) is 0 Å². The number of morpholine rings is 1. The summed E-state index contributed by atoms with van der Waals surface area (Å²) in [6.07, 6.45) is 4.66. The molecule has 3 rings (SSSR count). The van der Waals surface area contributed by atoms with E-state index in [-0.39, 0.29) is 13.2 Å². The molecule has 2 aromatic rings. The lowest BCUT2D eigenvalue weighted by atomic mass is 9.83. The van der Waals surface area contributed by atoms with Gasteiger partial charge in [0.25, 0.3) is 5.91 Å². The molecule has 0 saturated carbocycles. The molecule has 0 aromatic carbocycles. The summed E-state index contributed by atoms with van der Waals surface area (Å²) in [6, 6.07) is 3.31. The lowest BCUT2D eigenvalue weighted by molar-refractivity contribution is -0.203. The van der Waals surface area contributed by atoms with E-state index in [1.807, 2.05) is 0 Å². The summed E-state index contributed by atoms with van der Waals surface area (Å²) in [7, 11) is 0. The van der Waals surface area contributed by atoms with Crippen molar-refractivity contribution in [2.24, 2.45) is 0 Å². The molecule has 1 aliphatic heterocycles. The first-order valence-electron chi connectivity index (χ1n) is 7.52. The van der Waals surface area contributed by atoms with Gasteiger partial charge >= 0.3 is 5.97 Å². The van der Waals surface area contributed by atoms with Crippen molar-refractivity contribution in [3.8, 4) is 5.69 Å². The average Bonchev–Trinajstić information content (AvgIpc) is 3.07. The van der Waals surface area contributed by atoms with Gasteiger partial charge in [-0.25, -0.2) is 9.48 Å². The van der Waals surface area contributed by atoms with Crippen LogP contribution in [0.5, 0.6) is 0 Å². The van der Waals surface area contributed by atoms with E-state index in [4.69, 9.17) is 4.74 Å². The fourth-order valence-electron chi connectivity index (χ4n) is 2.55. The molecular weight excluding hydrogens is 330 g/mol. The van der Waals surface area contributed by atoms with Crippen molar-refractivity contribution in [2.75, 3.05) is 18.1 Å². The number of nitrogens with zero attached hydrogens (tertiary/aromatic N) is 5. The SMILES string of the molecule is CC(O)(C(=O)O)C1(C)OCCN(c2ccn(-c3ccnnc3)n2)C1=O. The van der Waals surface area contributed by atoms with Crippen LogP contribution in [0.1, 0.15) is 13.8 Å². The Bertz CT molecular complexity index is 806. The highest BCUT2D eigenvalue weighted by atomic mass is 16.5. The molecule has 1 amide bonds. The van der Waals surface area contributed by atoms with Crippen molar-refractivity contribution in [2.45, 2.75) is 25.0 Å². The van der Waals surface area contributed by atoms with Crippen LogP contribution in [0, 0.1) is 0 Å². The van der Waals surface area contributed by atoms with Crippen LogP contribution in [0.4, 0.5) is 5.82 Å². The largest absolute Gasteiger partial charge is 0.479 e. The van der Waals surface area contributed by atoms with E-state index in [0.717, 1.165) is 6.92 Å². The molecule has 1 saturated heterocycles. The highest BCUT2D eigenvalue weighted by Crippen LogP contribution is 2.33. The zero-order chi connectivity index (χ0) is 18.2. The number of anilines is 1. The molecule has 2 unspecified atom stereocenters. The number of rotatable bonds is 4. The van der Waals surface area contributed by atoms with E-state index in [9.17, 15) is 19.8 Å². The first-order valence-corrected chi connectivity index (χ1v) is 7.52. The van der Waals surface area contributed by atoms with E-state index < -0.39 is 23.1 Å². The second-order valence-electron chi connectivity index (χ2n) is 5.94. The molecule has 0 radical (unpaired) electrons. The van der Waals surface area contributed by atoms with Crippen molar-refractivity contribution < 1.29 is 24.5 Å². The molecule has 10 nitrogen and oxygen atoms in total. The number of carbonyl (C=O) groups is 2. The number of hydrogen-bond acceptors (Lipinski definition) is 7. The molecule has 0 spiro atoms. The smallest absolute Gasteiger partial charge is 0.339 e. The summed E-state index contributed by atoms with van der Waals surface area (Å²) in [4.78, 5) is 25.5. The molecule has 2 aromatic heterocycles. The molecule has 2 N–H and O–H groups in total. The molecule has 2 atom stereocenters. The predicted octanol–water partition coefficient (Wildman–Crippen LogP) is -0.380. The van der Waals surface area contributed by atoms with E-state index in [0.29, 0.717) is 11.5 Å². The molecular formula is C15H17N5O5. The minimum absolute atomic E-state index is 0.0648. The van der Waals surface area contributed by atoms with Gasteiger partial charge in [0.15, 0.2) is 17.0 Å². The second-order valence-corrected chi connectivity index (χ2v) is 5.94. The summed E-state index contributed by atoms with van der Waals surface area (Å²) in [5, 5.41) is 31.3. The molecule has 132 valence electrons. The zero-order valence-electron chi connectivity index (χ0n) is 13.7. The van der Waals surface area contributed by atoms with Gasteiger partial charge in [0, 0.05) is 12.3 Å². The van der Waals surface area contributed by atoms with E-state index in [1.165, 1.54) is 28.9 Å². The van der Waals surface area contributed by atoms with E-state index in [2.05, 4.69) is 15.3 Å². The third-order valence-electron chi connectivity index (χ3n) is 4.39. The maximum Gasteiger partial charge on any atom is 0.339 e. The van der Waals surface area contributed by atoms with Gasteiger partial charge in [0.05, 0.1) is 31.2 Å². The first kappa shape index (κ1) is 17.0. The van der Waals surface area contributed by atoms with Crippen molar-refractivity contribution in [3.05, 3.63) is 30.7 Å². The number of carboxylic acids is 1. The topological polar surface area (TPSA) is 131 Å². The van der Waals surface area contributed by atoms with E-state index in [1.54, 1.807) is 18.3 Å². The van der Waals surface area contributed by atoms with Gasteiger partial charge in [0.1, 0.15) is 0 Å². The molecule has 1 aliphatic rings. The maximum atomic E-state index is 12.9. The summed E-state index contributed by atoms with van der Waals surface area (Å²) in [6.45, 7) is 2.56. The Morgan fingerprint density at radius 1 is 1.40 bits per heavy atom. The molecule has 1 fully saturated rings. The molecule has 0 aliphatic carbocycles. The van der Waals surface area contributed by atoms with Gasteiger partial charge in [-0.2, -0.15) is 10.2 Å². The standard InChI is InChI=1S/C15H17N5O5/c1-14(24,13(22)23)15(2)12(21)19(7-8-25-15)11-4-6-20(18-11)10-3-5-16-17-9-10/h3-6,9,24H,7-8H2,1-2H3,(H,22,23). The van der Waals surface area contributed by atoms with Crippen molar-refractivity contribution in [3.63, 3.8) is 0 Å². The Kier molecular flexibility index (Phi) is 4.01. The zero-order valence-corrected chi connectivity index (χ0v) is 13.7. The van der Waals surface area contributed by atoms with Gasteiger partial charge in [-0.05, 0) is 19.9 Å². The van der Waals surface area contributed by atoms with E-state index >= 15 is 0 Å². The monoisotopic (exact) mass is 347 g/mol. The van der Waals surface area contributed by atoms with Gasteiger partial charge < -0.3 is 14.9 Å². The van der Waals surface area contributed by atoms with Gasteiger partial charge in [-0.1, -0.05) is 0 Å². The van der Waals surface area contributed by atoms with Crippen LogP contribution in [0.25, 0.3) is 5.69 Å². The Morgan fingerprint density at radius 2 is 2.16 bits per heavy atom. The van der Waals surface area contributed by atoms with Crippen LogP contribution < -0.4 is 4.90 Å². The minimum atomic E-state index is -2.39. The quantitative estimate of drug-likeness (QED) is 0.765. The highest BCUT2D eigenvalue weighted by Gasteiger charge is 2.59. The number of carboxylic acid groups (broad SMARTS) is 1. The van der Waals surface area contributed by atoms with Crippen LogP contribution >= 0.6 is 0 Å². The Balaban J connectivity index is 1.92. The Morgan fingerprint density at radius 3 is 2.80 bits per heavy atom. The predicted molar refractivity (Wildman–Crippen MR) is 84.1 cm³/mol. The third kappa shape index (κ3) is 2.65. The number of aromatic nitrogens is 4. The molecule has 10 heteroatoms. The summed E-state index contributed by atoms with van der Waals surface area (Å²) in [5.41, 5.74) is -3.67. The Labute approximate surface area is 142 Å². The number of aliphatic hydroxyl groups is 1. The minimum Gasteiger partial charge on any atom is -0.479 e. The summed E-state index contributed by atoms with van der Waals surface area (Å²) < 4.78 is 6.89. The fourth-order valence-corrected chi connectivity index (χ4v) is 2.55. The average molecular weight is 347 g/mol. The van der Waals surface area contributed by atoms with Crippen LogP contribution in [0.2, 0.25) is 0 Å². The second kappa shape index (κ2) is 5.90. The van der Waals surface area contributed by atoms with Gasteiger partial charge in [-0.3, -0.25) is 9.69 Å². The lowest BCUT2D eigenvalue weighted by Gasteiger charge is -2.44. The van der Waals surface area contributed by atoms with Crippen LogP contribution in [-0.2, 0) is 14.3 Å². The number of ether oxygens (including phenoxy) is 1.